The summed E-state index contributed by atoms with van der Waals surface area (Å²) in [7, 11) is 0. The highest BCUT2D eigenvalue weighted by molar-refractivity contribution is 5.80. The van der Waals surface area contributed by atoms with E-state index in [1.807, 2.05) is 0 Å². The molecule has 1 atom stereocenters. The van der Waals surface area contributed by atoms with Crippen LogP contribution < -0.4 is 5.32 Å². The molecule has 0 radical (unpaired) electrons. The van der Waals surface area contributed by atoms with Crippen LogP contribution in [0.25, 0.3) is 0 Å². The second kappa shape index (κ2) is 38.7. The van der Waals surface area contributed by atoms with E-state index in [9.17, 15) is 14.4 Å². The molecule has 0 saturated heterocycles. The number of carboxylic acids is 1. The zero-order chi connectivity index (χ0) is 35.9. The molecule has 0 spiro atoms. The summed E-state index contributed by atoms with van der Waals surface area (Å²) in [4.78, 5) is 34.9. The van der Waals surface area contributed by atoms with E-state index in [0.717, 1.165) is 70.6 Å². The predicted molar refractivity (Wildman–Crippen MR) is 208 cm³/mol. The number of carboxylic acid groups (broad SMARTS) is 1. The molecule has 0 bridgehead atoms. The molecule has 6 nitrogen and oxygen atoms in total. The number of hydrogen-bond donors (Lipinski definition) is 2. The van der Waals surface area contributed by atoms with Crippen molar-refractivity contribution in [2.75, 3.05) is 6.54 Å². The van der Waals surface area contributed by atoms with Gasteiger partial charge in [0, 0.05) is 12.8 Å². The number of aliphatic carboxylic acids is 1. The van der Waals surface area contributed by atoms with Crippen LogP contribution in [0, 0.1) is 0 Å². The summed E-state index contributed by atoms with van der Waals surface area (Å²) in [5.41, 5.74) is 0. The summed E-state index contributed by atoms with van der Waals surface area (Å²) in [6.45, 7) is 4.21. The van der Waals surface area contributed by atoms with Crippen molar-refractivity contribution >= 4 is 17.8 Å². The molecule has 2 N–H and O–H groups in total. The minimum atomic E-state index is -1.02. The van der Waals surface area contributed by atoms with Gasteiger partial charge in [-0.1, -0.05) is 160 Å². The Labute approximate surface area is 303 Å². The Morgan fingerprint density at radius 3 is 1.43 bits per heavy atom. The highest BCUT2D eigenvalue weighted by Crippen LogP contribution is 2.19. The number of esters is 1. The molecule has 0 aliphatic carbocycles. The monoisotopic (exact) mass is 690 g/mol. The van der Waals surface area contributed by atoms with Gasteiger partial charge < -0.3 is 15.2 Å². The average molecular weight is 690 g/mol. The number of carbonyl (C=O) groups excluding carboxylic acids is 2. The van der Waals surface area contributed by atoms with Crippen molar-refractivity contribution in [1.29, 1.82) is 0 Å². The first-order valence-corrected chi connectivity index (χ1v) is 21.0. The maximum atomic E-state index is 12.7. The Morgan fingerprint density at radius 2 is 0.939 bits per heavy atom. The largest absolute Gasteiger partial charge is 0.480 e. The lowest BCUT2D eigenvalue weighted by Crippen LogP contribution is -2.28. The van der Waals surface area contributed by atoms with Crippen molar-refractivity contribution in [2.45, 2.75) is 225 Å². The van der Waals surface area contributed by atoms with E-state index in [4.69, 9.17) is 9.84 Å². The normalized spacial score (nSPS) is 12.2. The zero-order valence-corrected chi connectivity index (χ0v) is 32.3. The topological polar surface area (TPSA) is 92.7 Å². The van der Waals surface area contributed by atoms with Crippen molar-refractivity contribution < 1.29 is 24.2 Å². The Morgan fingerprint density at radius 1 is 0.531 bits per heavy atom. The number of unbranched alkanes of at least 4 members (excludes halogenated alkanes) is 23. The van der Waals surface area contributed by atoms with Crippen molar-refractivity contribution in [2.24, 2.45) is 0 Å². The van der Waals surface area contributed by atoms with Crippen LogP contribution in [0.3, 0.4) is 0 Å². The lowest BCUT2D eigenvalue weighted by molar-refractivity contribution is -0.150. The SMILES string of the molecule is CCCCCC/C=C\C/C=C\CCCCCCCCCC(=O)OC(CCCCCCCCCCC)CCCCCCCC(=O)NCC(=O)O. The van der Waals surface area contributed by atoms with E-state index >= 15 is 0 Å². The van der Waals surface area contributed by atoms with Crippen LogP contribution in [0.2, 0.25) is 0 Å². The molecule has 1 amide bonds. The summed E-state index contributed by atoms with van der Waals surface area (Å²) in [5, 5.41) is 11.1. The molecular formula is C43H79NO5. The molecule has 0 heterocycles. The predicted octanol–water partition coefficient (Wildman–Crippen LogP) is 12.7. The Hall–Kier alpha value is -2.11. The Bertz CT molecular complexity index is 808. The van der Waals surface area contributed by atoms with Crippen molar-refractivity contribution in [3.63, 3.8) is 0 Å². The molecule has 0 aliphatic rings. The minimum Gasteiger partial charge on any atom is -0.480 e. The highest BCUT2D eigenvalue weighted by atomic mass is 16.5. The summed E-state index contributed by atoms with van der Waals surface area (Å²) >= 11 is 0. The lowest BCUT2D eigenvalue weighted by atomic mass is 10.0. The van der Waals surface area contributed by atoms with Gasteiger partial charge in [0.2, 0.25) is 5.91 Å². The number of hydrogen-bond acceptors (Lipinski definition) is 4. The molecular weight excluding hydrogens is 610 g/mol. The van der Waals surface area contributed by atoms with Gasteiger partial charge in [-0.25, -0.2) is 0 Å². The number of amides is 1. The molecule has 6 heteroatoms. The molecule has 49 heavy (non-hydrogen) atoms. The fourth-order valence-electron chi connectivity index (χ4n) is 6.25. The van der Waals surface area contributed by atoms with Gasteiger partial charge in [0.1, 0.15) is 12.6 Å². The van der Waals surface area contributed by atoms with E-state index in [2.05, 4.69) is 43.5 Å². The molecule has 0 aromatic heterocycles. The Balaban J connectivity index is 4.07. The maximum Gasteiger partial charge on any atom is 0.322 e. The smallest absolute Gasteiger partial charge is 0.322 e. The number of allylic oxidation sites excluding steroid dienone is 4. The van der Waals surface area contributed by atoms with E-state index in [0.29, 0.717) is 12.8 Å². The fourth-order valence-corrected chi connectivity index (χ4v) is 6.25. The second-order valence-corrected chi connectivity index (χ2v) is 14.2. The molecule has 286 valence electrons. The number of rotatable bonds is 38. The van der Waals surface area contributed by atoms with Crippen LogP contribution in [0.4, 0.5) is 0 Å². The van der Waals surface area contributed by atoms with E-state index in [1.54, 1.807) is 0 Å². The third kappa shape index (κ3) is 38.5. The first-order valence-electron chi connectivity index (χ1n) is 21.0. The van der Waals surface area contributed by atoms with Gasteiger partial charge in [-0.05, 0) is 70.6 Å². The van der Waals surface area contributed by atoms with Gasteiger partial charge >= 0.3 is 11.9 Å². The van der Waals surface area contributed by atoms with Crippen LogP contribution in [0.5, 0.6) is 0 Å². The fraction of sp³-hybridized carbons (Fsp3) is 0.837. The first-order chi connectivity index (χ1) is 24.0. The number of nitrogens with one attached hydrogen (secondary N) is 1. The molecule has 0 saturated carbocycles. The van der Waals surface area contributed by atoms with Gasteiger partial charge in [-0.15, -0.1) is 0 Å². The summed E-state index contributed by atoms with van der Waals surface area (Å²) in [5.74, 6) is -1.23. The van der Waals surface area contributed by atoms with Crippen molar-refractivity contribution in [3.8, 4) is 0 Å². The molecule has 0 aliphatic heterocycles. The van der Waals surface area contributed by atoms with E-state index in [-0.39, 0.29) is 24.5 Å². The molecule has 0 fully saturated rings. The second-order valence-electron chi connectivity index (χ2n) is 14.2. The van der Waals surface area contributed by atoms with E-state index < -0.39 is 5.97 Å². The Kier molecular flexibility index (Phi) is 37.0. The van der Waals surface area contributed by atoms with Crippen LogP contribution in [0.1, 0.15) is 219 Å². The van der Waals surface area contributed by atoms with Crippen molar-refractivity contribution in [1.82, 2.24) is 5.32 Å². The summed E-state index contributed by atoms with van der Waals surface area (Å²) < 4.78 is 6.01. The lowest BCUT2D eigenvalue weighted by Gasteiger charge is -2.18. The maximum absolute atomic E-state index is 12.7. The number of carbonyl (C=O) groups is 3. The standard InChI is InChI=1S/C43H79NO5/c1-3-5-7-9-11-13-14-15-16-17-18-19-20-21-23-25-30-34-38-43(48)49-40(35-31-27-24-22-12-10-8-6-4-2)36-32-28-26-29-33-37-41(45)44-39-42(46)47/h13-14,16-17,40H,3-12,15,18-39H2,1-2H3,(H,44,45)(H,46,47)/b14-13-,17-16-. The summed E-state index contributed by atoms with van der Waals surface area (Å²) in [6.07, 6.45) is 45.8. The van der Waals surface area contributed by atoms with Gasteiger partial charge in [0.25, 0.3) is 0 Å². The van der Waals surface area contributed by atoms with Gasteiger partial charge in [-0.2, -0.15) is 0 Å². The first kappa shape index (κ1) is 46.9. The molecule has 0 rings (SSSR count). The van der Waals surface area contributed by atoms with Crippen LogP contribution in [-0.4, -0.2) is 35.6 Å². The van der Waals surface area contributed by atoms with Gasteiger partial charge in [0.15, 0.2) is 0 Å². The molecule has 0 aromatic rings. The quantitative estimate of drug-likeness (QED) is 0.0382. The van der Waals surface area contributed by atoms with Crippen LogP contribution in [0.15, 0.2) is 24.3 Å². The third-order valence-electron chi connectivity index (χ3n) is 9.38. The van der Waals surface area contributed by atoms with Gasteiger partial charge in [0.05, 0.1) is 0 Å². The highest BCUT2D eigenvalue weighted by Gasteiger charge is 2.14. The third-order valence-corrected chi connectivity index (χ3v) is 9.38. The van der Waals surface area contributed by atoms with Crippen molar-refractivity contribution in [3.05, 3.63) is 24.3 Å². The zero-order valence-electron chi connectivity index (χ0n) is 32.3. The molecule has 0 aromatic carbocycles. The van der Waals surface area contributed by atoms with Crippen LogP contribution in [-0.2, 0) is 19.1 Å². The molecule has 1 unspecified atom stereocenters. The summed E-state index contributed by atoms with van der Waals surface area (Å²) in [6, 6.07) is 0. The van der Waals surface area contributed by atoms with Crippen LogP contribution >= 0.6 is 0 Å². The number of ether oxygens (including phenoxy) is 1. The average Bonchev–Trinajstić information content (AvgIpc) is 3.08. The minimum absolute atomic E-state index is 0.0218. The van der Waals surface area contributed by atoms with Gasteiger partial charge in [-0.3, -0.25) is 14.4 Å². The van der Waals surface area contributed by atoms with E-state index in [1.165, 1.54) is 122 Å².